The number of benzene rings is 2. The molecule has 3 aliphatic rings. The van der Waals surface area contributed by atoms with Crippen molar-refractivity contribution in [3.8, 4) is 0 Å². The van der Waals surface area contributed by atoms with Crippen LogP contribution in [0.4, 0.5) is 5.69 Å². The van der Waals surface area contributed by atoms with Crippen LogP contribution in [0.2, 0.25) is 0 Å². The van der Waals surface area contributed by atoms with Crippen LogP contribution in [-0.4, -0.2) is 54.3 Å². The topological polar surface area (TPSA) is 96.0 Å². The Balaban J connectivity index is 1.71. The van der Waals surface area contributed by atoms with Gasteiger partial charge in [-0.3, -0.25) is 24.1 Å². The monoisotopic (exact) mass is 433 g/mol. The predicted octanol–water partition coefficient (Wildman–Crippen LogP) is 1.28. The number of nitrogens with one attached hydrogen (secondary N) is 1. The molecule has 8 nitrogen and oxygen atoms in total. The lowest BCUT2D eigenvalue weighted by molar-refractivity contribution is -0.154. The molecule has 8 heteroatoms. The number of carbonyl (C=O) groups excluding carboxylic acids is 4. The summed E-state index contributed by atoms with van der Waals surface area (Å²) in [5.41, 5.74) is -0.202. The van der Waals surface area contributed by atoms with Crippen molar-refractivity contribution in [1.29, 1.82) is 0 Å². The van der Waals surface area contributed by atoms with Gasteiger partial charge in [0, 0.05) is 19.1 Å². The van der Waals surface area contributed by atoms with Crippen molar-refractivity contribution in [2.45, 2.75) is 18.0 Å². The molecule has 1 N–H and O–H groups in total. The summed E-state index contributed by atoms with van der Waals surface area (Å²) in [4.78, 5) is 56.5. The molecule has 3 amide bonds. The first-order valence-corrected chi connectivity index (χ1v) is 10.6. The molecule has 2 aromatic carbocycles. The molecule has 3 aliphatic heterocycles. The fourth-order valence-electron chi connectivity index (χ4n) is 5.64. The molecule has 0 aliphatic carbocycles. The Bertz CT molecular complexity index is 1090. The van der Waals surface area contributed by atoms with Gasteiger partial charge in [-0.1, -0.05) is 48.5 Å². The third kappa shape index (κ3) is 2.72. The van der Waals surface area contributed by atoms with E-state index in [1.807, 2.05) is 35.2 Å². The van der Waals surface area contributed by atoms with E-state index in [4.69, 9.17) is 4.74 Å². The van der Waals surface area contributed by atoms with Gasteiger partial charge in [0.25, 0.3) is 0 Å². The smallest absolute Gasteiger partial charge is 0.307 e. The zero-order chi connectivity index (χ0) is 22.5. The number of carbonyl (C=O) groups is 4. The Morgan fingerprint density at radius 3 is 2.34 bits per heavy atom. The van der Waals surface area contributed by atoms with Crippen LogP contribution in [0.1, 0.15) is 18.0 Å². The molecule has 0 bridgehead atoms. The van der Waals surface area contributed by atoms with E-state index in [0.717, 1.165) is 5.56 Å². The number of piperazine rings is 1. The quantitative estimate of drug-likeness (QED) is 0.577. The van der Waals surface area contributed by atoms with Crippen molar-refractivity contribution in [2.75, 3.05) is 25.1 Å². The molecule has 0 saturated carbocycles. The highest BCUT2D eigenvalue weighted by Gasteiger charge is 2.73. The minimum Gasteiger partial charge on any atom is -0.469 e. The lowest BCUT2D eigenvalue weighted by atomic mass is 9.76. The SMILES string of the molecule is COC(=O)C[C@]12C(=O)NCCN1[C@H](c1ccccc1)[C@@H]1C(=O)N(c3ccccc3)C(=O)[C@H]12. The van der Waals surface area contributed by atoms with Gasteiger partial charge in [0.1, 0.15) is 5.54 Å². The molecule has 5 rings (SSSR count). The molecule has 0 radical (unpaired) electrons. The Labute approximate surface area is 185 Å². The van der Waals surface area contributed by atoms with Crippen LogP contribution < -0.4 is 10.2 Å². The summed E-state index contributed by atoms with van der Waals surface area (Å²) < 4.78 is 4.91. The lowest BCUT2D eigenvalue weighted by Gasteiger charge is -2.45. The number of rotatable bonds is 4. The fraction of sp³-hybridized carbons (Fsp3) is 0.333. The molecule has 164 valence electrons. The van der Waals surface area contributed by atoms with Crippen molar-refractivity contribution in [2.24, 2.45) is 11.8 Å². The summed E-state index contributed by atoms with van der Waals surface area (Å²) in [5.74, 6) is -3.63. The summed E-state index contributed by atoms with van der Waals surface area (Å²) in [6, 6.07) is 17.6. The number of hydrogen-bond donors (Lipinski definition) is 1. The molecule has 3 fully saturated rings. The van der Waals surface area contributed by atoms with Gasteiger partial charge in [-0.05, 0) is 17.7 Å². The summed E-state index contributed by atoms with van der Waals surface area (Å²) in [5, 5.41) is 2.83. The van der Waals surface area contributed by atoms with E-state index >= 15 is 0 Å². The van der Waals surface area contributed by atoms with Crippen LogP contribution >= 0.6 is 0 Å². The van der Waals surface area contributed by atoms with E-state index < -0.39 is 41.2 Å². The lowest BCUT2D eigenvalue weighted by Crippen LogP contribution is -2.67. The molecule has 0 aromatic heterocycles. The van der Waals surface area contributed by atoms with Gasteiger partial charge in [-0.15, -0.1) is 0 Å². The van der Waals surface area contributed by atoms with Crippen molar-refractivity contribution in [3.63, 3.8) is 0 Å². The second kappa shape index (κ2) is 7.56. The van der Waals surface area contributed by atoms with Gasteiger partial charge in [0.05, 0.1) is 31.1 Å². The van der Waals surface area contributed by atoms with Crippen LogP contribution in [0.25, 0.3) is 0 Å². The number of amides is 3. The second-order valence-corrected chi connectivity index (χ2v) is 8.33. The highest BCUT2D eigenvalue weighted by atomic mass is 16.5. The molecule has 32 heavy (non-hydrogen) atoms. The molecule has 3 saturated heterocycles. The summed E-state index contributed by atoms with van der Waals surface area (Å²) >= 11 is 0. The van der Waals surface area contributed by atoms with E-state index in [2.05, 4.69) is 5.32 Å². The number of esters is 1. The fourth-order valence-corrected chi connectivity index (χ4v) is 5.64. The van der Waals surface area contributed by atoms with Gasteiger partial charge < -0.3 is 10.1 Å². The van der Waals surface area contributed by atoms with Crippen LogP contribution in [0, 0.1) is 11.8 Å². The Morgan fingerprint density at radius 2 is 1.69 bits per heavy atom. The van der Waals surface area contributed by atoms with Gasteiger partial charge in [-0.2, -0.15) is 0 Å². The molecular formula is C24H23N3O5. The summed E-state index contributed by atoms with van der Waals surface area (Å²) in [6.07, 6.45) is -0.304. The minimum absolute atomic E-state index is 0.304. The number of hydrogen-bond acceptors (Lipinski definition) is 6. The molecule has 2 aromatic rings. The molecule has 0 unspecified atom stereocenters. The number of methoxy groups -OCH3 is 1. The van der Waals surface area contributed by atoms with E-state index in [0.29, 0.717) is 18.8 Å². The normalized spacial score (nSPS) is 29.5. The maximum Gasteiger partial charge on any atom is 0.307 e. The number of anilines is 1. The highest BCUT2D eigenvalue weighted by Crippen LogP contribution is 2.57. The average molecular weight is 433 g/mol. The minimum atomic E-state index is -1.49. The van der Waals surface area contributed by atoms with Crippen LogP contribution in [0.5, 0.6) is 0 Å². The van der Waals surface area contributed by atoms with Crippen LogP contribution in [0.15, 0.2) is 60.7 Å². The van der Waals surface area contributed by atoms with E-state index in [1.165, 1.54) is 12.0 Å². The maximum atomic E-state index is 13.8. The van der Waals surface area contributed by atoms with E-state index in [9.17, 15) is 19.2 Å². The van der Waals surface area contributed by atoms with Crippen LogP contribution in [-0.2, 0) is 23.9 Å². The van der Waals surface area contributed by atoms with Crippen molar-refractivity contribution >= 4 is 29.4 Å². The molecule has 4 atom stereocenters. The first-order valence-electron chi connectivity index (χ1n) is 10.6. The largest absolute Gasteiger partial charge is 0.469 e. The standard InChI is InChI=1S/C24H23N3O5/c1-32-17(28)14-24-19-18(21(29)27(22(19)30)16-10-6-3-7-11-16)20(15-8-4-2-5-9-15)26(24)13-12-25-23(24)31/h2-11,18-20H,12-14H2,1H3,(H,25,31)/t18-,19+,20-,24+/m1/s1. The first-order chi connectivity index (χ1) is 15.5. The Morgan fingerprint density at radius 1 is 1.03 bits per heavy atom. The van der Waals surface area contributed by atoms with Crippen LogP contribution in [0.3, 0.4) is 0 Å². The number of fused-ring (bicyclic) bond motifs is 3. The summed E-state index contributed by atoms with van der Waals surface area (Å²) in [6.45, 7) is 0.788. The molecule has 3 heterocycles. The Kier molecular flexibility index (Phi) is 4.82. The van der Waals surface area contributed by atoms with Crippen molar-refractivity contribution in [1.82, 2.24) is 10.2 Å². The van der Waals surface area contributed by atoms with Crippen molar-refractivity contribution < 1.29 is 23.9 Å². The number of para-hydroxylation sites is 1. The van der Waals surface area contributed by atoms with Gasteiger partial charge in [0.15, 0.2) is 0 Å². The predicted molar refractivity (Wildman–Crippen MR) is 114 cm³/mol. The number of imide groups is 1. The Hall–Kier alpha value is -3.52. The van der Waals surface area contributed by atoms with E-state index in [1.54, 1.807) is 30.3 Å². The highest BCUT2D eigenvalue weighted by molar-refractivity contribution is 6.24. The summed E-state index contributed by atoms with van der Waals surface area (Å²) in [7, 11) is 1.25. The molecular weight excluding hydrogens is 410 g/mol. The molecule has 0 spiro atoms. The third-order valence-electron chi connectivity index (χ3n) is 6.88. The zero-order valence-electron chi connectivity index (χ0n) is 17.6. The van der Waals surface area contributed by atoms with Gasteiger partial charge >= 0.3 is 5.97 Å². The number of ether oxygens (including phenoxy) is 1. The average Bonchev–Trinajstić information content (AvgIpc) is 3.26. The third-order valence-corrected chi connectivity index (χ3v) is 6.88. The van der Waals surface area contributed by atoms with Crippen molar-refractivity contribution in [3.05, 3.63) is 66.2 Å². The second-order valence-electron chi connectivity index (χ2n) is 8.33. The zero-order valence-corrected chi connectivity index (χ0v) is 17.6. The van der Waals surface area contributed by atoms with E-state index in [-0.39, 0.29) is 12.3 Å². The van der Waals surface area contributed by atoms with Gasteiger partial charge in [-0.25, -0.2) is 4.90 Å². The maximum absolute atomic E-state index is 13.8. The first kappa shape index (κ1) is 20.4. The number of nitrogens with zero attached hydrogens (tertiary/aromatic N) is 2. The van der Waals surface area contributed by atoms with Gasteiger partial charge in [0.2, 0.25) is 17.7 Å².